The number of morpholine rings is 1. The molecule has 140 valence electrons. The summed E-state index contributed by atoms with van der Waals surface area (Å²) in [5.41, 5.74) is -0.211. The lowest BCUT2D eigenvalue weighted by Crippen LogP contribution is -2.47. The number of ether oxygens (including phenoxy) is 2. The number of hydrogen-bond donors (Lipinski definition) is 1. The first-order valence-electron chi connectivity index (χ1n) is 8.44. The zero-order valence-electron chi connectivity index (χ0n) is 15.1. The first kappa shape index (κ1) is 19.9. The number of carbonyl (C=O) groups is 1. The second kappa shape index (κ2) is 8.34. The van der Waals surface area contributed by atoms with E-state index in [4.69, 9.17) is 21.1 Å². The summed E-state index contributed by atoms with van der Waals surface area (Å²) in [6, 6.07) is 4.21. The summed E-state index contributed by atoms with van der Waals surface area (Å²) in [7, 11) is 0. The average Bonchev–Trinajstić information content (AvgIpc) is 2.48. The van der Waals surface area contributed by atoms with Gasteiger partial charge < -0.3 is 14.8 Å². The van der Waals surface area contributed by atoms with Crippen LogP contribution >= 0.6 is 11.6 Å². The SMILES string of the molecule is CC1CN(C(CNC(=O)OC(C)(C)C)c2c(F)cccc2Cl)CCO1. The van der Waals surface area contributed by atoms with Gasteiger partial charge in [0.25, 0.3) is 0 Å². The van der Waals surface area contributed by atoms with Crippen molar-refractivity contribution in [3.8, 4) is 0 Å². The molecule has 25 heavy (non-hydrogen) atoms. The van der Waals surface area contributed by atoms with Crippen molar-refractivity contribution in [2.75, 3.05) is 26.2 Å². The van der Waals surface area contributed by atoms with Crippen LogP contribution in [0.3, 0.4) is 0 Å². The van der Waals surface area contributed by atoms with E-state index < -0.39 is 17.7 Å². The van der Waals surface area contributed by atoms with Crippen molar-refractivity contribution in [2.45, 2.75) is 45.4 Å². The zero-order valence-corrected chi connectivity index (χ0v) is 15.9. The number of nitrogens with one attached hydrogen (secondary N) is 1. The molecular formula is C18H26ClFN2O3. The molecule has 0 saturated carbocycles. The van der Waals surface area contributed by atoms with Gasteiger partial charge in [-0.15, -0.1) is 0 Å². The van der Waals surface area contributed by atoms with Crippen LogP contribution in [0, 0.1) is 5.82 Å². The lowest BCUT2D eigenvalue weighted by Gasteiger charge is -2.38. The van der Waals surface area contributed by atoms with Gasteiger partial charge in [0.1, 0.15) is 11.4 Å². The molecule has 7 heteroatoms. The Kier molecular flexibility index (Phi) is 6.65. The van der Waals surface area contributed by atoms with Gasteiger partial charge >= 0.3 is 6.09 Å². The van der Waals surface area contributed by atoms with Crippen LogP contribution in [0.4, 0.5) is 9.18 Å². The Labute approximate surface area is 153 Å². The maximum Gasteiger partial charge on any atom is 0.407 e. The smallest absolute Gasteiger partial charge is 0.407 e. The molecule has 0 aromatic heterocycles. The van der Waals surface area contributed by atoms with Gasteiger partial charge in [0.05, 0.1) is 18.8 Å². The first-order valence-corrected chi connectivity index (χ1v) is 8.81. The molecule has 5 nitrogen and oxygen atoms in total. The molecular weight excluding hydrogens is 347 g/mol. The number of hydrogen-bond acceptors (Lipinski definition) is 4. The third kappa shape index (κ3) is 5.83. The van der Waals surface area contributed by atoms with Crippen LogP contribution in [0.15, 0.2) is 18.2 Å². The number of halogens is 2. The van der Waals surface area contributed by atoms with Crippen LogP contribution < -0.4 is 5.32 Å². The molecule has 2 atom stereocenters. The molecule has 0 spiro atoms. The van der Waals surface area contributed by atoms with E-state index in [2.05, 4.69) is 10.2 Å². The van der Waals surface area contributed by atoms with Gasteiger partial charge in [-0.2, -0.15) is 0 Å². The van der Waals surface area contributed by atoms with E-state index in [1.165, 1.54) is 6.07 Å². The highest BCUT2D eigenvalue weighted by Crippen LogP contribution is 2.31. The zero-order chi connectivity index (χ0) is 18.6. The van der Waals surface area contributed by atoms with Crippen molar-refractivity contribution in [2.24, 2.45) is 0 Å². The van der Waals surface area contributed by atoms with Gasteiger partial charge in [-0.3, -0.25) is 4.90 Å². The normalized spacial score (nSPS) is 20.2. The number of amides is 1. The summed E-state index contributed by atoms with van der Waals surface area (Å²) < 4.78 is 25.3. The molecule has 1 amide bonds. The van der Waals surface area contributed by atoms with E-state index in [0.29, 0.717) is 30.3 Å². The van der Waals surface area contributed by atoms with Gasteiger partial charge in [0, 0.05) is 30.2 Å². The quantitative estimate of drug-likeness (QED) is 0.874. The van der Waals surface area contributed by atoms with Crippen molar-refractivity contribution in [1.29, 1.82) is 0 Å². The van der Waals surface area contributed by atoms with Gasteiger partial charge in [-0.05, 0) is 39.8 Å². The van der Waals surface area contributed by atoms with Crippen LogP contribution in [0.1, 0.15) is 39.3 Å². The van der Waals surface area contributed by atoms with Crippen molar-refractivity contribution >= 4 is 17.7 Å². The third-order valence-electron chi connectivity index (χ3n) is 3.88. The summed E-state index contributed by atoms with van der Waals surface area (Å²) >= 11 is 6.26. The summed E-state index contributed by atoms with van der Waals surface area (Å²) in [5.74, 6) is -0.386. The fourth-order valence-electron chi connectivity index (χ4n) is 2.87. The largest absolute Gasteiger partial charge is 0.444 e. The van der Waals surface area contributed by atoms with E-state index in [9.17, 15) is 9.18 Å². The lowest BCUT2D eigenvalue weighted by atomic mass is 10.0. The summed E-state index contributed by atoms with van der Waals surface area (Å²) in [4.78, 5) is 14.1. The second-order valence-electron chi connectivity index (χ2n) is 7.21. The van der Waals surface area contributed by atoms with Crippen molar-refractivity contribution in [3.05, 3.63) is 34.6 Å². The predicted octanol–water partition coefficient (Wildman–Crippen LogP) is 3.77. The maximum absolute atomic E-state index is 14.5. The minimum absolute atomic E-state index is 0.0309. The Balaban J connectivity index is 2.19. The summed E-state index contributed by atoms with van der Waals surface area (Å²) in [6.45, 7) is 9.36. The minimum atomic E-state index is -0.595. The molecule has 1 N–H and O–H groups in total. The lowest BCUT2D eigenvalue weighted by molar-refractivity contribution is -0.0351. The van der Waals surface area contributed by atoms with E-state index in [1.54, 1.807) is 32.9 Å². The molecule has 1 heterocycles. The van der Waals surface area contributed by atoms with Crippen LogP contribution in [0.5, 0.6) is 0 Å². The van der Waals surface area contributed by atoms with Crippen molar-refractivity contribution in [1.82, 2.24) is 10.2 Å². The Hall–Kier alpha value is -1.37. The number of rotatable bonds is 4. The minimum Gasteiger partial charge on any atom is -0.444 e. The molecule has 1 aromatic rings. The number of carbonyl (C=O) groups excluding carboxylic acids is 1. The molecule has 1 aliphatic heterocycles. The Bertz CT molecular complexity index is 586. The Morgan fingerprint density at radius 1 is 1.52 bits per heavy atom. The van der Waals surface area contributed by atoms with Crippen LogP contribution in [-0.4, -0.2) is 48.9 Å². The summed E-state index contributed by atoms with van der Waals surface area (Å²) in [6.07, 6.45) is -0.505. The number of benzene rings is 1. The van der Waals surface area contributed by atoms with Gasteiger partial charge in [0.2, 0.25) is 0 Å². The molecule has 1 saturated heterocycles. The van der Waals surface area contributed by atoms with Crippen molar-refractivity contribution < 1.29 is 18.7 Å². The van der Waals surface area contributed by atoms with Crippen LogP contribution in [0.25, 0.3) is 0 Å². The number of alkyl carbamates (subject to hydrolysis) is 1. The maximum atomic E-state index is 14.5. The van der Waals surface area contributed by atoms with Crippen LogP contribution in [0.2, 0.25) is 5.02 Å². The monoisotopic (exact) mass is 372 g/mol. The average molecular weight is 373 g/mol. The van der Waals surface area contributed by atoms with Crippen LogP contribution in [-0.2, 0) is 9.47 Å². The van der Waals surface area contributed by atoms with E-state index in [0.717, 1.165) is 0 Å². The van der Waals surface area contributed by atoms with E-state index in [1.807, 2.05) is 6.92 Å². The Morgan fingerprint density at radius 2 is 2.24 bits per heavy atom. The van der Waals surface area contributed by atoms with Gasteiger partial charge in [-0.1, -0.05) is 17.7 Å². The molecule has 1 fully saturated rings. The van der Waals surface area contributed by atoms with Gasteiger partial charge in [-0.25, -0.2) is 9.18 Å². The first-order chi connectivity index (χ1) is 11.7. The van der Waals surface area contributed by atoms with E-state index >= 15 is 0 Å². The molecule has 1 aromatic carbocycles. The molecule has 0 radical (unpaired) electrons. The topological polar surface area (TPSA) is 50.8 Å². The van der Waals surface area contributed by atoms with Crippen molar-refractivity contribution in [3.63, 3.8) is 0 Å². The fraction of sp³-hybridized carbons (Fsp3) is 0.611. The standard InChI is InChI=1S/C18H26ClFN2O3/c1-12-11-22(8-9-24-12)15(10-21-17(23)25-18(2,3)4)16-13(19)6-5-7-14(16)20/h5-7,12,15H,8-11H2,1-4H3,(H,21,23). The highest BCUT2D eigenvalue weighted by Gasteiger charge is 2.30. The molecule has 2 rings (SSSR count). The molecule has 1 aliphatic rings. The van der Waals surface area contributed by atoms with E-state index in [-0.39, 0.29) is 18.5 Å². The molecule has 0 bridgehead atoms. The number of nitrogens with zero attached hydrogens (tertiary/aromatic N) is 1. The second-order valence-corrected chi connectivity index (χ2v) is 7.62. The summed E-state index contributed by atoms with van der Waals surface area (Å²) in [5, 5.41) is 3.08. The predicted molar refractivity (Wildman–Crippen MR) is 95.4 cm³/mol. The highest BCUT2D eigenvalue weighted by atomic mass is 35.5. The Morgan fingerprint density at radius 3 is 2.84 bits per heavy atom. The molecule has 0 aliphatic carbocycles. The van der Waals surface area contributed by atoms with Gasteiger partial charge in [0.15, 0.2) is 0 Å². The third-order valence-corrected chi connectivity index (χ3v) is 4.21. The highest BCUT2D eigenvalue weighted by molar-refractivity contribution is 6.31. The fourth-order valence-corrected chi connectivity index (χ4v) is 3.15. The molecule has 2 unspecified atom stereocenters.